The molecule has 1 rings (SSSR count). The van der Waals surface area contributed by atoms with Crippen molar-refractivity contribution in [2.24, 2.45) is 0 Å². The van der Waals surface area contributed by atoms with Gasteiger partial charge in [0.1, 0.15) is 0 Å². The van der Waals surface area contributed by atoms with E-state index in [1.54, 1.807) is 0 Å². The highest BCUT2D eigenvalue weighted by Crippen LogP contribution is 2.09. The Morgan fingerprint density at radius 2 is 1.90 bits per heavy atom. The van der Waals surface area contributed by atoms with Crippen LogP contribution in [0.2, 0.25) is 0 Å². The van der Waals surface area contributed by atoms with Crippen molar-refractivity contribution in [1.82, 2.24) is 0 Å². The van der Waals surface area contributed by atoms with Crippen LogP contribution in [0.4, 0.5) is 5.69 Å². The number of para-hydroxylation sites is 1. The molecule has 0 bridgehead atoms. The van der Waals surface area contributed by atoms with Crippen molar-refractivity contribution in [3.05, 3.63) is 29.8 Å². The van der Waals surface area contributed by atoms with Gasteiger partial charge < -0.3 is 11.2 Å². The van der Waals surface area contributed by atoms with Crippen LogP contribution in [0.5, 0.6) is 0 Å². The summed E-state index contributed by atoms with van der Waals surface area (Å²) in [7, 11) is 0. The van der Waals surface area contributed by atoms with E-state index >= 15 is 0 Å². The molecular formula is C8H13NO. The average molecular weight is 139 g/mol. The van der Waals surface area contributed by atoms with Gasteiger partial charge in [-0.25, -0.2) is 0 Å². The standard InChI is InChI=1S/C8H11N.H2O/c1-2-7-5-3-4-6-8(7)9;/h3-6H,2,9H2,1H3;1H2. The van der Waals surface area contributed by atoms with E-state index < -0.39 is 0 Å². The largest absolute Gasteiger partial charge is 0.412 e. The number of anilines is 1. The van der Waals surface area contributed by atoms with Crippen molar-refractivity contribution in [1.29, 1.82) is 0 Å². The van der Waals surface area contributed by atoms with E-state index in [1.165, 1.54) is 5.56 Å². The SMILES string of the molecule is CCc1ccccc1N.O. The molecule has 0 aliphatic carbocycles. The second-order valence-corrected chi connectivity index (χ2v) is 2.05. The van der Waals surface area contributed by atoms with E-state index in [0.29, 0.717) is 0 Å². The lowest BCUT2D eigenvalue weighted by molar-refractivity contribution is 0.824. The number of nitrogens with two attached hydrogens (primary N) is 1. The summed E-state index contributed by atoms with van der Waals surface area (Å²) in [4.78, 5) is 0. The van der Waals surface area contributed by atoms with E-state index in [1.807, 2.05) is 18.2 Å². The molecule has 0 heterocycles. The molecule has 0 atom stereocenters. The normalized spacial score (nSPS) is 8.50. The van der Waals surface area contributed by atoms with Crippen LogP contribution in [0.3, 0.4) is 0 Å². The predicted molar refractivity (Wildman–Crippen MR) is 43.8 cm³/mol. The third kappa shape index (κ3) is 1.74. The Morgan fingerprint density at radius 1 is 1.30 bits per heavy atom. The van der Waals surface area contributed by atoms with Crippen LogP contribution in [0.25, 0.3) is 0 Å². The second-order valence-electron chi connectivity index (χ2n) is 2.05. The summed E-state index contributed by atoms with van der Waals surface area (Å²) in [6, 6.07) is 7.94. The minimum absolute atomic E-state index is 0. The number of aryl methyl sites for hydroxylation is 1. The van der Waals surface area contributed by atoms with Gasteiger partial charge in [-0.15, -0.1) is 0 Å². The van der Waals surface area contributed by atoms with Crippen LogP contribution in [0.1, 0.15) is 12.5 Å². The van der Waals surface area contributed by atoms with Crippen molar-refractivity contribution in [3.8, 4) is 0 Å². The van der Waals surface area contributed by atoms with Gasteiger partial charge in [-0.3, -0.25) is 0 Å². The zero-order valence-electron chi connectivity index (χ0n) is 6.09. The van der Waals surface area contributed by atoms with Gasteiger partial charge in [0.15, 0.2) is 0 Å². The van der Waals surface area contributed by atoms with Gasteiger partial charge in [0.2, 0.25) is 0 Å². The van der Waals surface area contributed by atoms with Gasteiger partial charge >= 0.3 is 0 Å². The molecule has 0 radical (unpaired) electrons. The van der Waals surface area contributed by atoms with E-state index in [0.717, 1.165) is 12.1 Å². The highest BCUT2D eigenvalue weighted by atomic mass is 16.0. The summed E-state index contributed by atoms with van der Waals surface area (Å²) in [5.74, 6) is 0. The number of nitrogen functional groups attached to an aromatic ring is 1. The van der Waals surface area contributed by atoms with E-state index in [9.17, 15) is 0 Å². The molecule has 0 spiro atoms. The Bertz CT molecular complexity index is 198. The van der Waals surface area contributed by atoms with Gasteiger partial charge in [-0.1, -0.05) is 25.1 Å². The number of hydrogen-bond donors (Lipinski definition) is 1. The molecule has 1 aromatic rings. The van der Waals surface area contributed by atoms with Crippen molar-refractivity contribution in [2.75, 3.05) is 5.73 Å². The maximum atomic E-state index is 5.63. The van der Waals surface area contributed by atoms with Gasteiger partial charge in [-0.05, 0) is 18.1 Å². The van der Waals surface area contributed by atoms with Crippen LogP contribution in [-0.4, -0.2) is 5.48 Å². The van der Waals surface area contributed by atoms with Crippen LogP contribution in [-0.2, 0) is 6.42 Å². The van der Waals surface area contributed by atoms with Crippen LogP contribution < -0.4 is 5.73 Å². The van der Waals surface area contributed by atoms with E-state index in [4.69, 9.17) is 5.73 Å². The van der Waals surface area contributed by atoms with Gasteiger partial charge in [0.05, 0.1) is 0 Å². The molecular weight excluding hydrogens is 126 g/mol. The van der Waals surface area contributed by atoms with Crippen molar-refractivity contribution in [3.63, 3.8) is 0 Å². The lowest BCUT2D eigenvalue weighted by Crippen LogP contribution is -1.90. The molecule has 10 heavy (non-hydrogen) atoms. The Morgan fingerprint density at radius 3 is 2.30 bits per heavy atom. The summed E-state index contributed by atoms with van der Waals surface area (Å²) < 4.78 is 0. The smallest absolute Gasteiger partial charge is 0.0346 e. The minimum Gasteiger partial charge on any atom is -0.412 e. The van der Waals surface area contributed by atoms with Crippen LogP contribution >= 0.6 is 0 Å². The quantitative estimate of drug-likeness (QED) is 0.580. The lowest BCUT2D eigenvalue weighted by atomic mass is 10.1. The summed E-state index contributed by atoms with van der Waals surface area (Å²) >= 11 is 0. The Kier molecular flexibility index (Phi) is 3.51. The first-order chi connectivity index (χ1) is 4.34. The van der Waals surface area contributed by atoms with Crippen LogP contribution in [0, 0.1) is 0 Å². The first kappa shape index (κ1) is 8.98. The molecule has 4 N–H and O–H groups in total. The molecule has 0 aromatic heterocycles. The monoisotopic (exact) mass is 139 g/mol. The summed E-state index contributed by atoms with van der Waals surface area (Å²) in [6.45, 7) is 2.10. The molecule has 0 aliphatic heterocycles. The molecule has 0 saturated carbocycles. The Hall–Kier alpha value is -1.02. The summed E-state index contributed by atoms with van der Waals surface area (Å²) in [5.41, 5.74) is 7.77. The molecule has 56 valence electrons. The molecule has 0 fully saturated rings. The molecule has 0 saturated heterocycles. The number of hydrogen-bond acceptors (Lipinski definition) is 1. The second kappa shape index (κ2) is 3.90. The maximum absolute atomic E-state index is 5.63. The van der Waals surface area contributed by atoms with E-state index in [-0.39, 0.29) is 5.48 Å². The highest BCUT2D eigenvalue weighted by Gasteiger charge is 1.90. The molecule has 1 aromatic carbocycles. The number of benzene rings is 1. The predicted octanol–water partition coefficient (Wildman–Crippen LogP) is 1.01. The van der Waals surface area contributed by atoms with Gasteiger partial charge in [-0.2, -0.15) is 0 Å². The molecule has 0 unspecified atom stereocenters. The average Bonchev–Trinajstić information content (AvgIpc) is 1.89. The minimum atomic E-state index is 0. The highest BCUT2D eigenvalue weighted by molar-refractivity contribution is 5.46. The first-order valence-corrected chi connectivity index (χ1v) is 3.18. The third-order valence-corrected chi connectivity index (χ3v) is 1.44. The molecule has 2 nitrogen and oxygen atoms in total. The zero-order chi connectivity index (χ0) is 6.69. The molecule has 0 amide bonds. The van der Waals surface area contributed by atoms with Crippen molar-refractivity contribution >= 4 is 5.69 Å². The summed E-state index contributed by atoms with van der Waals surface area (Å²) in [6.07, 6.45) is 1.02. The van der Waals surface area contributed by atoms with Crippen molar-refractivity contribution in [2.45, 2.75) is 13.3 Å². The fraction of sp³-hybridized carbons (Fsp3) is 0.250. The molecule has 2 heteroatoms. The zero-order valence-corrected chi connectivity index (χ0v) is 6.09. The Balaban J connectivity index is 0.000000810. The Labute approximate surface area is 61.0 Å². The lowest BCUT2D eigenvalue weighted by Gasteiger charge is -1.98. The fourth-order valence-electron chi connectivity index (χ4n) is 0.856. The summed E-state index contributed by atoms with van der Waals surface area (Å²) in [5, 5.41) is 0. The topological polar surface area (TPSA) is 57.5 Å². The van der Waals surface area contributed by atoms with E-state index in [2.05, 4.69) is 13.0 Å². The van der Waals surface area contributed by atoms with Crippen LogP contribution in [0.15, 0.2) is 24.3 Å². The first-order valence-electron chi connectivity index (χ1n) is 3.18. The number of rotatable bonds is 1. The molecule has 0 aliphatic rings. The third-order valence-electron chi connectivity index (χ3n) is 1.44. The maximum Gasteiger partial charge on any atom is 0.0346 e. The van der Waals surface area contributed by atoms with Gasteiger partial charge in [0, 0.05) is 5.69 Å². The van der Waals surface area contributed by atoms with Gasteiger partial charge in [0.25, 0.3) is 0 Å². The van der Waals surface area contributed by atoms with Crippen molar-refractivity contribution < 1.29 is 5.48 Å². The fourth-order valence-corrected chi connectivity index (χ4v) is 0.856.